The fourth-order valence-electron chi connectivity index (χ4n) is 4.18. The summed E-state index contributed by atoms with van der Waals surface area (Å²) in [6, 6.07) is 11.9. The molecule has 0 unspecified atom stereocenters. The van der Waals surface area contributed by atoms with E-state index in [1.807, 2.05) is 30.1 Å². The summed E-state index contributed by atoms with van der Waals surface area (Å²) < 4.78 is 30.2. The Balaban J connectivity index is 1.39. The van der Waals surface area contributed by atoms with Crippen molar-refractivity contribution in [3.8, 4) is 11.5 Å². The van der Waals surface area contributed by atoms with Crippen LogP contribution in [0.1, 0.15) is 18.0 Å². The molecule has 2 aliphatic rings. The number of para-hydroxylation sites is 1. The molecule has 3 amide bonds. The molecule has 9 nitrogen and oxygen atoms in total. The van der Waals surface area contributed by atoms with Gasteiger partial charge in [-0.3, -0.25) is 19.6 Å². The number of likely N-dealkylation sites (N-methyl/N-ethyl adjacent to an activating group) is 1. The SMILES string of the molecule is CN1CC2(C1)C(=O)N(Cc1ccc(-c3nnc(C(F)F)o3)cn1)C(=O)N2c1ccccc1. The Labute approximate surface area is 181 Å². The molecule has 0 bridgehead atoms. The first-order chi connectivity index (χ1) is 15.4. The van der Waals surface area contributed by atoms with E-state index in [2.05, 4.69) is 15.2 Å². The molecule has 2 aromatic heterocycles. The van der Waals surface area contributed by atoms with E-state index in [1.54, 1.807) is 29.2 Å². The van der Waals surface area contributed by atoms with Crippen LogP contribution in [0.25, 0.3) is 11.5 Å². The predicted octanol–water partition coefficient (Wildman–Crippen LogP) is 2.72. The first-order valence-corrected chi connectivity index (χ1v) is 9.86. The maximum absolute atomic E-state index is 13.3. The highest BCUT2D eigenvalue weighted by Gasteiger charge is 2.63. The van der Waals surface area contributed by atoms with Gasteiger partial charge in [0.15, 0.2) is 5.54 Å². The van der Waals surface area contributed by atoms with E-state index in [4.69, 9.17) is 4.42 Å². The van der Waals surface area contributed by atoms with E-state index in [9.17, 15) is 18.4 Å². The lowest BCUT2D eigenvalue weighted by molar-refractivity contribution is -0.136. The number of imide groups is 1. The molecule has 1 aromatic carbocycles. The van der Waals surface area contributed by atoms with Crippen LogP contribution in [0, 0.1) is 0 Å². The molecule has 11 heteroatoms. The Morgan fingerprint density at radius 3 is 2.44 bits per heavy atom. The van der Waals surface area contributed by atoms with Gasteiger partial charge in [0.2, 0.25) is 5.89 Å². The highest BCUT2D eigenvalue weighted by Crippen LogP contribution is 2.39. The Kier molecular flexibility index (Phi) is 4.70. The second-order valence-electron chi connectivity index (χ2n) is 7.83. The molecule has 164 valence electrons. The number of aromatic nitrogens is 3. The van der Waals surface area contributed by atoms with Gasteiger partial charge in [-0.25, -0.2) is 4.79 Å². The van der Waals surface area contributed by atoms with E-state index in [1.165, 1.54) is 11.1 Å². The average molecular weight is 440 g/mol. The molecule has 4 heterocycles. The van der Waals surface area contributed by atoms with Gasteiger partial charge in [-0.05, 0) is 31.3 Å². The van der Waals surface area contributed by atoms with E-state index in [0.717, 1.165) is 0 Å². The van der Waals surface area contributed by atoms with Crippen molar-refractivity contribution in [2.75, 3.05) is 25.0 Å². The minimum Gasteiger partial charge on any atom is -0.415 e. The van der Waals surface area contributed by atoms with Crippen LogP contribution >= 0.6 is 0 Å². The third-order valence-electron chi connectivity index (χ3n) is 5.59. The van der Waals surface area contributed by atoms with E-state index in [0.29, 0.717) is 30.0 Å². The monoisotopic (exact) mass is 440 g/mol. The first-order valence-electron chi connectivity index (χ1n) is 9.86. The number of alkyl halides is 2. The minimum absolute atomic E-state index is 0.0150. The molecule has 1 spiro atoms. The van der Waals surface area contributed by atoms with Crippen molar-refractivity contribution in [3.63, 3.8) is 0 Å². The molecule has 0 aliphatic carbocycles. The van der Waals surface area contributed by atoms with Crippen LogP contribution in [0.2, 0.25) is 0 Å². The standard InChI is InChI=1S/C21H18F2N6O3/c1-27-11-21(12-27)19(30)28(20(31)29(21)15-5-3-2-4-6-15)10-14-8-7-13(9-24-14)17-25-26-18(32-17)16(22)23/h2-9,16H,10-12H2,1H3. The summed E-state index contributed by atoms with van der Waals surface area (Å²) in [5.74, 6) is -1.12. The van der Waals surface area contributed by atoms with Crippen molar-refractivity contribution in [3.05, 3.63) is 60.2 Å². The number of hydrogen-bond donors (Lipinski definition) is 0. The number of carbonyl (C=O) groups excluding carboxylic acids is 2. The lowest BCUT2D eigenvalue weighted by Crippen LogP contribution is -2.70. The Morgan fingerprint density at radius 1 is 1.09 bits per heavy atom. The number of amides is 3. The number of halogens is 2. The minimum atomic E-state index is -2.86. The zero-order chi connectivity index (χ0) is 22.5. The van der Waals surface area contributed by atoms with Crippen molar-refractivity contribution in [2.45, 2.75) is 18.5 Å². The zero-order valence-corrected chi connectivity index (χ0v) is 17.0. The van der Waals surface area contributed by atoms with Crippen molar-refractivity contribution in [1.29, 1.82) is 0 Å². The van der Waals surface area contributed by atoms with Gasteiger partial charge in [0.05, 0.1) is 17.8 Å². The number of likely N-dealkylation sites (tertiary alicyclic amines) is 1. The molecule has 0 N–H and O–H groups in total. The van der Waals surface area contributed by atoms with E-state index < -0.39 is 23.9 Å². The van der Waals surface area contributed by atoms with Gasteiger partial charge in [0.25, 0.3) is 11.8 Å². The maximum Gasteiger partial charge on any atom is 0.332 e. The van der Waals surface area contributed by atoms with Gasteiger partial charge < -0.3 is 9.32 Å². The number of pyridine rings is 1. The summed E-state index contributed by atoms with van der Waals surface area (Å²) in [5.41, 5.74) is 0.552. The molecular weight excluding hydrogens is 422 g/mol. The Hall–Kier alpha value is -3.73. The molecule has 0 atom stereocenters. The number of hydrogen-bond acceptors (Lipinski definition) is 7. The fraction of sp³-hybridized carbons (Fsp3) is 0.286. The molecule has 2 saturated heterocycles. The summed E-state index contributed by atoms with van der Waals surface area (Å²) in [5, 5.41) is 6.88. The van der Waals surface area contributed by atoms with Crippen LogP contribution in [0.3, 0.4) is 0 Å². The quantitative estimate of drug-likeness (QED) is 0.563. The highest BCUT2D eigenvalue weighted by atomic mass is 19.3. The fourth-order valence-corrected chi connectivity index (χ4v) is 4.18. The predicted molar refractivity (Wildman–Crippen MR) is 108 cm³/mol. The van der Waals surface area contributed by atoms with Gasteiger partial charge in [-0.1, -0.05) is 18.2 Å². The number of urea groups is 1. The van der Waals surface area contributed by atoms with E-state index >= 15 is 0 Å². The Bertz CT molecular complexity index is 1160. The van der Waals surface area contributed by atoms with Crippen LogP contribution in [0.5, 0.6) is 0 Å². The molecule has 0 saturated carbocycles. The van der Waals surface area contributed by atoms with Crippen molar-refractivity contribution in [1.82, 2.24) is 25.0 Å². The van der Waals surface area contributed by atoms with Gasteiger partial charge in [-0.2, -0.15) is 8.78 Å². The molecule has 3 aromatic rings. The van der Waals surface area contributed by atoms with Gasteiger partial charge in [0, 0.05) is 25.0 Å². The lowest BCUT2D eigenvalue weighted by atomic mass is 9.88. The average Bonchev–Trinajstić information content (AvgIpc) is 3.34. The summed E-state index contributed by atoms with van der Waals surface area (Å²) in [6.45, 7) is 0.872. The molecule has 2 fully saturated rings. The second-order valence-corrected chi connectivity index (χ2v) is 7.83. The smallest absolute Gasteiger partial charge is 0.332 e. The summed E-state index contributed by atoms with van der Waals surface area (Å²) in [4.78, 5) is 35.6. The topological polar surface area (TPSA) is 95.7 Å². The van der Waals surface area contributed by atoms with Gasteiger partial charge >= 0.3 is 12.5 Å². The van der Waals surface area contributed by atoms with Crippen LogP contribution in [0.4, 0.5) is 19.3 Å². The zero-order valence-electron chi connectivity index (χ0n) is 17.0. The number of anilines is 1. The van der Waals surface area contributed by atoms with Crippen molar-refractivity contribution >= 4 is 17.6 Å². The third-order valence-corrected chi connectivity index (χ3v) is 5.59. The second kappa shape index (κ2) is 7.45. The normalized spacial score (nSPS) is 18.1. The van der Waals surface area contributed by atoms with Crippen LogP contribution < -0.4 is 4.90 Å². The number of carbonyl (C=O) groups is 2. The van der Waals surface area contributed by atoms with Crippen molar-refractivity contribution < 1.29 is 22.8 Å². The third kappa shape index (κ3) is 3.12. The summed E-state index contributed by atoms with van der Waals surface area (Å²) in [7, 11) is 1.89. The first kappa shape index (κ1) is 20.2. The molecule has 5 rings (SSSR count). The largest absolute Gasteiger partial charge is 0.415 e. The number of benzene rings is 1. The van der Waals surface area contributed by atoms with Gasteiger partial charge in [-0.15, -0.1) is 10.2 Å². The summed E-state index contributed by atoms with van der Waals surface area (Å²) >= 11 is 0. The van der Waals surface area contributed by atoms with Gasteiger partial charge in [0.1, 0.15) is 0 Å². The van der Waals surface area contributed by atoms with Crippen LogP contribution in [0.15, 0.2) is 53.1 Å². The molecule has 0 radical (unpaired) electrons. The maximum atomic E-state index is 13.3. The number of rotatable bonds is 5. The summed E-state index contributed by atoms with van der Waals surface area (Å²) in [6.07, 6.45) is -1.48. The van der Waals surface area contributed by atoms with Crippen molar-refractivity contribution in [2.24, 2.45) is 0 Å². The number of nitrogens with zero attached hydrogens (tertiary/aromatic N) is 6. The molecule has 2 aliphatic heterocycles. The molecule has 32 heavy (non-hydrogen) atoms. The van der Waals surface area contributed by atoms with Crippen LogP contribution in [-0.4, -0.2) is 62.6 Å². The highest BCUT2D eigenvalue weighted by molar-refractivity contribution is 6.17. The Morgan fingerprint density at radius 2 is 1.84 bits per heavy atom. The van der Waals surface area contributed by atoms with Crippen LogP contribution in [-0.2, 0) is 11.3 Å². The van der Waals surface area contributed by atoms with E-state index in [-0.39, 0.29) is 18.3 Å². The lowest BCUT2D eigenvalue weighted by Gasteiger charge is -2.48. The molecular formula is C21H18F2N6O3.